The highest BCUT2D eigenvalue weighted by atomic mass is 32.2. The second kappa shape index (κ2) is 10.2. The van der Waals surface area contributed by atoms with Gasteiger partial charge in [0.05, 0.1) is 21.7 Å². The molecule has 0 spiro atoms. The summed E-state index contributed by atoms with van der Waals surface area (Å²) in [5.41, 5.74) is 3.87. The van der Waals surface area contributed by atoms with E-state index in [4.69, 9.17) is 15.0 Å². The van der Waals surface area contributed by atoms with Crippen LogP contribution < -0.4 is 4.74 Å². The summed E-state index contributed by atoms with van der Waals surface area (Å²) in [5, 5.41) is 9.85. The van der Waals surface area contributed by atoms with Gasteiger partial charge in [0.25, 0.3) is 0 Å². The van der Waals surface area contributed by atoms with E-state index in [0.717, 1.165) is 34.7 Å². The van der Waals surface area contributed by atoms with Crippen LogP contribution >= 0.6 is 23.1 Å². The van der Waals surface area contributed by atoms with Crippen molar-refractivity contribution in [2.75, 3.05) is 6.26 Å². The Morgan fingerprint density at radius 3 is 2.77 bits per heavy atom. The predicted molar refractivity (Wildman–Crippen MR) is 118 cm³/mol. The summed E-state index contributed by atoms with van der Waals surface area (Å²) >= 11 is 2.92. The van der Waals surface area contributed by atoms with Crippen LogP contribution in [0, 0.1) is 11.3 Å². The Bertz CT molecular complexity index is 1090. The lowest BCUT2D eigenvalue weighted by molar-refractivity contribution is -0.0927. The van der Waals surface area contributed by atoms with Crippen LogP contribution in [0.25, 0.3) is 5.57 Å². The molecule has 2 aromatic rings. The average Bonchev–Trinajstić information content (AvgIpc) is 3.18. The number of halogens is 3. The Hall–Kier alpha value is -2.46. The van der Waals surface area contributed by atoms with Gasteiger partial charge < -0.3 is 4.74 Å². The lowest BCUT2D eigenvalue weighted by Gasteiger charge is -2.10. The first-order valence-electron chi connectivity index (χ1n) is 9.78. The molecule has 1 aromatic heterocycles. The third-order valence-corrected chi connectivity index (χ3v) is 6.62. The van der Waals surface area contributed by atoms with Crippen LogP contribution in [0.2, 0.25) is 0 Å². The number of rotatable bonds is 8. The lowest BCUT2D eigenvalue weighted by Crippen LogP contribution is -2.11. The third-order valence-electron chi connectivity index (χ3n) is 4.73. The quantitative estimate of drug-likeness (QED) is 0.310. The molecule has 162 valence electrons. The van der Waals surface area contributed by atoms with Crippen molar-refractivity contribution in [1.29, 1.82) is 5.26 Å². The number of aromatic nitrogens is 1. The van der Waals surface area contributed by atoms with Gasteiger partial charge in [0, 0.05) is 16.9 Å². The van der Waals surface area contributed by atoms with Gasteiger partial charge in [-0.15, -0.1) is 28.8 Å². The number of unbranched alkanes of at least 4 members (excludes halogenated alkanes) is 1. The van der Waals surface area contributed by atoms with Crippen LogP contribution in [0.3, 0.4) is 0 Å². The highest BCUT2D eigenvalue weighted by Gasteiger charge is 2.33. The molecule has 0 radical (unpaired) electrons. The number of benzene rings is 1. The fourth-order valence-electron chi connectivity index (χ4n) is 3.00. The Kier molecular flexibility index (Phi) is 7.66. The molecule has 0 atom stereocenters. The first-order chi connectivity index (χ1) is 14.9. The number of hydrogen-bond donors (Lipinski definition) is 0. The zero-order valence-electron chi connectivity index (χ0n) is 17.2. The van der Waals surface area contributed by atoms with Gasteiger partial charge in [-0.2, -0.15) is 18.4 Å². The van der Waals surface area contributed by atoms with Crippen molar-refractivity contribution in [2.24, 2.45) is 0 Å². The zero-order valence-corrected chi connectivity index (χ0v) is 18.8. The summed E-state index contributed by atoms with van der Waals surface area (Å²) in [6.45, 7) is 2.41. The summed E-state index contributed by atoms with van der Waals surface area (Å²) < 4.78 is 44.5. The van der Waals surface area contributed by atoms with Crippen molar-refractivity contribution in [1.82, 2.24) is 4.98 Å². The van der Waals surface area contributed by atoms with Crippen molar-refractivity contribution in [3.05, 3.63) is 62.8 Å². The normalized spacial score (nSPS) is 13.5. The van der Waals surface area contributed by atoms with Crippen molar-refractivity contribution in [3.63, 3.8) is 0 Å². The third kappa shape index (κ3) is 5.82. The second-order valence-electron chi connectivity index (χ2n) is 6.88. The molecule has 8 heteroatoms. The molecule has 0 saturated carbocycles. The molecule has 1 aliphatic rings. The fourth-order valence-corrected chi connectivity index (χ4v) is 4.60. The molecule has 0 bridgehead atoms. The van der Waals surface area contributed by atoms with Gasteiger partial charge in [-0.05, 0) is 43.4 Å². The number of allylic oxidation sites excluding steroid dienone is 3. The predicted octanol–water partition coefficient (Wildman–Crippen LogP) is 7.09. The highest BCUT2D eigenvalue weighted by molar-refractivity contribution is 7.98. The molecule has 1 aliphatic carbocycles. The minimum absolute atomic E-state index is 0.201. The van der Waals surface area contributed by atoms with Crippen molar-refractivity contribution < 1.29 is 17.9 Å². The summed E-state index contributed by atoms with van der Waals surface area (Å²) in [5.74, 6) is 0.661. The van der Waals surface area contributed by atoms with E-state index in [2.05, 4.69) is 18.7 Å². The Morgan fingerprint density at radius 2 is 2.16 bits per heavy atom. The summed E-state index contributed by atoms with van der Waals surface area (Å²) in [6, 6.07) is 7.50. The number of thiazole rings is 1. The number of nitriles is 1. The number of thioether (sulfide) groups is 1. The molecule has 31 heavy (non-hydrogen) atoms. The maximum Gasteiger partial charge on any atom is 0.420 e. The maximum atomic E-state index is 12.8. The van der Waals surface area contributed by atoms with Crippen molar-refractivity contribution >= 4 is 28.7 Å². The van der Waals surface area contributed by atoms with E-state index in [1.54, 1.807) is 18.2 Å². The SMILES string of the molecule is CCCCc1nc(C2=CCC(C(F)(F)F)=C=C2)sc1COc1ccc(C#N)c(SC)c1. The molecule has 0 saturated heterocycles. The molecule has 1 aromatic carbocycles. The minimum atomic E-state index is -4.36. The maximum absolute atomic E-state index is 12.8. The molecule has 3 rings (SSSR count). The number of aryl methyl sites for hydroxylation is 1. The van der Waals surface area contributed by atoms with Gasteiger partial charge in [-0.1, -0.05) is 19.4 Å². The molecule has 0 fully saturated rings. The number of alkyl halides is 3. The van der Waals surface area contributed by atoms with Gasteiger partial charge in [0.2, 0.25) is 0 Å². The van der Waals surface area contributed by atoms with E-state index in [1.165, 1.54) is 29.2 Å². The standard InChI is InChI=1S/C23H21F3N2OS2/c1-3-4-5-19-21(14-29-18-11-8-16(13-27)20(12-18)30-2)31-22(28-19)15-6-9-17(10-7-15)23(24,25)26/h6-8,11-12H,3-5,9,14H2,1-2H3. The smallest absolute Gasteiger partial charge is 0.420 e. The molecule has 3 nitrogen and oxygen atoms in total. The van der Waals surface area contributed by atoms with Crippen molar-refractivity contribution in [3.8, 4) is 11.8 Å². The number of ether oxygens (including phenoxy) is 1. The molecular weight excluding hydrogens is 441 g/mol. The molecular formula is C23H21F3N2OS2. The van der Waals surface area contributed by atoms with Crippen LogP contribution in [-0.2, 0) is 13.0 Å². The van der Waals surface area contributed by atoms with Crippen LogP contribution in [0.1, 0.15) is 47.3 Å². The first kappa shape index (κ1) is 23.2. The van der Waals surface area contributed by atoms with Gasteiger partial charge >= 0.3 is 6.18 Å². The van der Waals surface area contributed by atoms with Gasteiger partial charge in [-0.25, -0.2) is 4.98 Å². The average molecular weight is 463 g/mol. The van der Waals surface area contributed by atoms with Gasteiger partial charge in [0.15, 0.2) is 0 Å². The lowest BCUT2D eigenvalue weighted by atomic mass is 10.1. The number of nitrogens with zero attached hydrogens (tertiary/aromatic N) is 2. The zero-order chi connectivity index (χ0) is 22.4. The van der Waals surface area contributed by atoms with E-state index in [1.807, 2.05) is 12.3 Å². The van der Waals surface area contributed by atoms with Crippen LogP contribution in [0.15, 0.2) is 46.6 Å². The van der Waals surface area contributed by atoms with Crippen LogP contribution in [0.4, 0.5) is 13.2 Å². The topological polar surface area (TPSA) is 45.9 Å². The van der Waals surface area contributed by atoms with E-state index >= 15 is 0 Å². The first-order valence-corrected chi connectivity index (χ1v) is 11.8. The summed E-state index contributed by atoms with van der Waals surface area (Å²) in [6.07, 6.45) is 3.04. The highest BCUT2D eigenvalue weighted by Crippen LogP contribution is 2.34. The van der Waals surface area contributed by atoms with E-state index < -0.39 is 11.7 Å². The van der Waals surface area contributed by atoms with E-state index in [9.17, 15) is 13.2 Å². The Morgan fingerprint density at radius 1 is 1.35 bits per heavy atom. The van der Waals surface area contributed by atoms with Crippen LogP contribution in [0.5, 0.6) is 5.75 Å². The molecule has 1 heterocycles. The second-order valence-corrected chi connectivity index (χ2v) is 8.82. The van der Waals surface area contributed by atoms with E-state index in [-0.39, 0.29) is 6.42 Å². The summed E-state index contributed by atoms with van der Waals surface area (Å²) in [7, 11) is 0. The van der Waals surface area contributed by atoms with E-state index in [0.29, 0.717) is 28.5 Å². The van der Waals surface area contributed by atoms with Crippen LogP contribution in [-0.4, -0.2) is 17.4 Å². The molecule has 0 aliphatic heterocycles. The minimum Gasteiger partial charge on any atom is -0.488 e. The molecule has 0 unspecified atom stereocenters. The van der Waals surface area contributed by atoms with Gasteiger partial charge in [-0.3, -0.25) is 0 Å². The monoisotopic (exact) mass is 462 g/mol. The molecule has 0 amide bonds. The Labute approximate surface area is 188 Å². The fraction of sp³-hybridized carbons (Fsp3) is 0.348. The number of hydrogen-bond acceptors (Lipinski definition) is 5. The van der Waals surface area contributed by atoms with Gasteiger partial charge in [0.1, 0.15) is 23.4 Å². The largest absolute Gasteiger partial charge is 0.488 e. The molecule has 0 N–H and O–H groups in total. The van der Waals surface area contributed by atoms with Crippen molar-refractivity contribution in [2.45, 2.75) is 50.3 Å². The summed E-state index contributed by atoms with van der Waals surface area (Å²) in [4.78, 5) is 6.50. The Balaban J connectivity index is 1.82.